The van der Waals surface area contributed by atoms with Crippen LogP contribution in [0, 0.1) is 12.7 Å². The van der Waals surface area contributed by atoms with E-state index in [0.29, 0.717) is 17.2 Å². The van der Waals surface area contributed by atoms with Crippen molar-refractivity contribution in [2.45, 2.75) is 13.3 Å². The Hall–Kier alpha value is -3.06. The zero-order chi connectivity index (χ0) is 18.1. The maximum Gasteiger partial charge on any atom is 0.277 e. The zero-order valence-corrected chi connectivity index (χ0v) is 14.8. The molecule has 7 heteroatoms. The minimum absolute atomic E-state index is 0.256. The number of rotatable bonds is 4. The van der Waals surface area contributed by atoms with Crippen LogP contribution in [0.4, 0.5) is 9.52 Å². The second kappa shape index (κ2) is 6.68. The van der Waals surface area contributed by atoms with Crippen LogP contribution in [0.25, 0.3) is 5.65 Å². The Kier molecular flexibility index (Phi) is 4.22. The van der Waals surface area contributed by atoms with Crippen LogP contribution in [0.15, 0.2) is 54.9 Å². The smallest absolute Gasteiger partial charge is 0.277 e. The average molecular weight is 366 g/mol. The Morgan fingerprint density at radius 2 is 2.04 bits per heavy atom. The fourth-order valence-electron chi connectivity index (χ4n) is 2.67. The molecule has 3 heterocycles. The first kappa shape index (κ1) is 16.4. The first-order valence-corrected chi connectivity index (χ1v) is 8.85. The van der Waals surface area contributed by atoms with Crippen LogP contribution in [0.1, 0.15) is 26.6 Å². The third-order valence-electron chi connectivity index (χ3n) is 3.99. The first-order valence-electron chi connectivity index (χ1n) is 8.04. The molecule has 0 aliphatic carbocycles. The number of imidazole rings is 1. The van der Waals surface area contributed by atoms with Gasteiger partial charge in [-0.1, -0.05) is 18.2 Å². The van der Waals surface area contributed by atoms with Gasteiger partial charge in [-0.2, -0.15) is 0 Å². The first-order chi connectivity index (χ1) is 12.6. The molecular weight excluding hydrogens is 351 g/mol. The highest BCUT2D eigenvalue weighted by atomic mass is 32.1. The highest BCUT2D eigenvalue weighted by Gasteiger charge is 2.13. The van der Waals surface area contributed by atoms with Crippen LogP contribution in [0.3, 0.4) is 0 Å². The summed E-state index contributed by atoms with van der Waals surface area (Å²) < 4.78 is 14.8. The third-order valence-corrected chi connectivity index (χ3v) is 4.91. The van der Waals surface area contributed by atoms with E-state index in [1.54, 1.807) is 24.5 Å². The van der Waals surface area contributed by atoms with Gasteiger partial charge in [-0.3, -0.25) is 10.1 Å². The van der Waals surface area contributed by atoms with Crippen molar-refractivity contribution in [1.82, 2.24) is 14.4 Å². The summed E-state index contributed by atoms with van der Waals surface area (Å²) >= 11 is 1.39. The van der Waals surface area contributed by atoms with Gasteiger partial charge in [-0.05, 0) is 36.8 Å². The molecule has 26 heavy (non-hydrogen) atoms. The summed E-state index contributed by atoms with van der Waals surface area (Å²) in [5.74, 6) is -0.551. The van der Waals surface area contributed by atoms with Crippen LogP contribution in [0.2, 0.25) is 0 Å². The molecule has 0 aliphatic heterocycles. The van der Waals surface area contributed by atoms with E-state index in [9.17, 15) is 9.18 Å². The van der Waals surface area contributed by atoms with Gasteiger partial charge in [0.1, 0.15) is 17.2 Å². The number of aryl methyl sites for hydroxylation is 1. The van der Waals surface area contributed by atoms with Crippen molar-refractivity contribution >= 4 is 28.0 Å². The number of aromatic nitrogens is 3. The van der Waals surface area contributed by atoms with E-state index in [1.807, 2.05) is 29.5 Å². The van der Waals surface area contributed by atoms with Crippen molar-refractivity contribution < 1.29 is 9.18 Å². The molecule has 0 radical (unpaired) electrons. The molecule has 0 saturated heterocycles. The standard InChI is InChI=1S/C19H15FN4OS/c1-12-3-2-4-17-22-16(11-24(12)17)18(25)23-19-21-10-15(26-19)9-13-5-7-14(20)8-6-13/h2-8,10-11H,9H2,1H3,(H,21,23,25). The fraction of sp³-hybridized carbons (Fsp3) is 0.105. The van der Waals surface area contributed by atoms with Crippen LogP contribution in [0.5, 0.6) is 0 Å². The van der Waals surface area contributed by atoms with Crippen LogP contribution >= 0.6 is 11.3 Å². The lowest BCUT2D eigenvalue weighted by Gasteiger charge is -1.98. The molecule has 3 aromatic heterocycles. The number of anilines is 1. The number of nitrogens with zero attached hydrogens (tertiary/aromatic N) is 3. The summed E-state index contributed by atoms with van der Waals surface area (Å²) in [6.07, 6.45) is 4.08. The number of carbonyl (C=O) groups excluding carboxylic acids is 1. The number of pyridine rings is 1. The molecule has 4 rings (SSSR count). The van der Waals surface area contributed by atoms with Crippen LogP contribution in [-0.4, -0.2) is 20.3 Å². The fourth-order valence-corrected chi connectivity index (χ4v) is 3.51. The van der Waals surface area contributed by atoms with Gasteiger partial charge in [0.15, 0.2) is 5.13 Å². The predicted octanol–water partition coefficient (Wildman–Crippen LogP) is 4.08. The zero-order valence-electron chi connectivity index (χ0n) is 13.9. The van der Waals surface area contributed by atoms with Gasteiger partial charge >= 0.3 is 0 Å². The number of hydrogen-bond donors (Lipinski definition) is 1. The number of nitrogens with one attached hydrogen (secondary N) is 1. The Labute approximate surface area is 153 Å². The minimum Gasteiger partial charge on any atom is -0.304 e. The average Bonchev–Trinajstić information content (AvgIpc) is 3.25. The third kappa shape index (κ3) is 3.34. The van der Waals surface area contributed by atoms with Gasteiger partial charge < -0.3 is 4.40 Å². The maximum atomic E-state index is 13.0. The Morgan fingerprint density at radius 1 is 1.23 bits per heavy atom. The van der Waals surface area contributed by atoms with Crippen molar-refractivity contribution in [3.05, 3.63) is 82.5 Å². The van der Waals surface area contributed by atoms with E-state index in [0.717, 1.165) is 21.8 Å². The molecule has 0 fully saturated rings. The van der Waals surface area contributed by atoms with E-state index in [1.165, 1.54) is 23.5 Å². The van der Waals surface area contributed by atoms with Crippen molar-refractivity contribution in [3.8, 4) is 0 Å². The lowest BCUT2D eigenvalue weighted by Crippen LogP contribution is -2.11. The molecule has 0 aliphatic rings. The van der Waals surface area contributed by atoms with Crippen LogP contribution in [-0.2, 0) is 6.42 Å². The lowest BCUT2D eigenvalue weighted by atomic mass is 10.1. The number of amides is 1. The van der Waals surface area contributed by atoms with E-state index >= 15 is 0 Å². The number of thiazole rings is 1. The van der Waals surface area contributed by atoms with Crippen LogP contribution < -0.4 is 5.32 Å². The maximum absolute atomic E-state index is 13.0. The second-order valence-electron chi connectivity index (χ2n) is 5.91. The van der Waals surface area contributed by atoms with Gasteiger partial charge in [-0.15, -0.1) is 11.3 Å². The number of halogens is 1. The van der Waals surface area contributed by atoms with E-state index < -0.39 is 0 Å². The lowest BCUT2D eigenvalue weighted by molar-refractivity contribution is 0.102. The SMILES string of the molecule is Cc1cccc2nc(C(=O)Nc3ncc(Cc4ccc(F)cc4)s3)cn12. The molecular formula is C19H15FN4OS. The number of fused-ring (bicyclic) bond motifs is 1. The summed E-state index contributed by atoms with van der Waals surface area (Å²) in [6, 6.07) is 12.1. The Balaban J connectivity index is 1.48. The van der Waals surface area contributed by atoms with Gasteiger partial charge in [-0.25, -0.2) is 14.4 Å². The quantitative estimate of drug-likeness (QED) is 0.592. The number of benzene rings is 1. The highest BCUT2D eigenvalue weighted by Crippen LogP contribution is 2.22. The molecule has 4 aromatic rings. The van der Waals surface area contributed by atoms with E-state index in [-0.39, 0.29) is 11.7 Å². The topological polar surface area (TPSA) is 59.3 Å². The highest BCUT2D eigenvalue weighted by molar-refractivity contribution is 7.15. The van der Waals surface area contributed by atoms with Crippen molar-refractivity contribution in [3.63, 3.8) is 0 Å². The normalized spacial score (nSPS) is 11.0. The Bertz CT molecular complexity index is 1080. The molecule has 0 spiro atoms. The molecule has 0 saturated carbocycles. The molecule has 1 aromatic carbocycles. The summed E-state index contributed by atoms with van der Waals surface area (Å²) in [4.78, 5) is 22.0. The monoisotopic (exact) mass is 366 g/mol. The molecule has 1 N–H and O–H groups in total. The minimum atomic E-state index is -0.296. The summed E-state index contributed by atoms with van der Waals surface area (Å²) in [5.41, 5.74) is 3.06. The number of carbonyl (C=O) groups is 1. The van der Waals surface area contributed by atoms with Gasteiger partial charge in [0.2, 0.25) is 0 Å². The van der Waals surface area contributed by atoms with Crippen molar-refractivity contribution in [1.29, 1.82) is 0 Å². The Morgan fingerprint density at radius 3 is 2.81 bits per heavy atom. The van der Waals surface area contributed by atoms with Gasteiger partial charge in [0.05, 0.1) is 0 Å². The molecule has 1 amide bonds. The summed E-state index contributed by atoms with van der Waals surface area (Å²) in [5, 5.41) is 3.30. The molecule has 0 atom stereocenters. The molecule has 130 valence electrons. The van der Waals surface area contributed by atoms with Gasteiger partial charge in [0, 0.05) is 29.4 Å². The largest absolute Gasteiger partial charge is 0.304 e. The number of hydrogen-bond acceptors (Lipinski definition) is 4. The van der Waals surface area contributed by atoms with E-state index in [4.69, 9.17) is 0 Å². The summed E-state index contributed by atoms with van der Waals surface area (Å²) in [6.45, 7) is 1.96. The second-order valence-corrected chi connectivity index (χ2v) is 7.03. The predicted molar refractivity (Wildman–Crippen MR) is 99.2 cm³/mol. The van der Waals surface area contributed by atoms with Crippen molar-refractivity contribution in [2.24, 2.45) is 0 Å². The molecule has 5 nitrogen and oxygen atoms in total. The molecule has 0 bridgehead atoms. The van der Waals surface area contributed by atoms with E-state index in [2.05, 4.69) is 15.3 Å². The van der Waals surface area contributed by atoms with Gasteiger partial charge in [0.25, 0.3) is 5.91 Å². The molecule has 0 unspecified atom stereocenters. The summed E-state index contributed by atoms with van der Waals surface area (Å²) in [7, 11) is 0. The van der Waals surface area contributed by atoms with Crippen molar-refractivity contribution in [2.75, 3.05) is 5.32 Å².